The fourth-order valence-electron chi connectivity index (χ4n) is 1.94. The molecular weight excluding hydrogens is 246 g/mol. The van der Waals surface area contributed by atoms with Gasteiger partial charge >= 0.3 is 0 Å². The van der Waals surface area contributed by atoms with Crippen molar-refractivity contribution in [3.05, 3.63) is 48.0 Å². The molecule has 2 heteroatoms. The molecule has 2 aromatic rings. The molecule has 0 unspecified atom stereocenters. The van der Waals surface area contributed by atoms with Gasteiger partial charge in [-0.3, -0.25) is 0 Å². The van der Waals surface area contributed by atoms with Crippen LogP contribution in [0.5, 0.6) is 0 Å². The first-order valence-corrected chi connectivity index (χ1v) is 7.52. The number of hydrogen-bond donors (Lipinski definition) is 1. The van der Waals surface area contributed by atoms with Gasteiger partial charge in [-0.2, -0.15) is 0 Å². The molecule has 0 bridgehead atoms. The quantitative estimate of drug-likeness (QED) is 0.882. The molecule has 0 fully saturated rings. The Labute approximate surface area is 125 Å². The zero-order chi connectivity index (χ0) is 15.4. The highest BCUT2D eigenvalue weighted by Crippen LogP contribution is 2.16. The first-order chi connectivity index (χ1) is 9.79. The molecule has 0 aliphatic rings. The molecule has 2 N–H and O–H groups in total. The molecule has 20 heavy (non-hydrogen) atoms. The second-order valence-corrected chi connectivity index (χ2v) is 4.10. The lowest BCUT2D eigenvalue weighted by Gasteiger charge is -2.10. The molecule has 2 rings (SSSR count). The Morgan fingerprint density at radius 1 is 1.00 bits per heavy atom. The fraction of sp³-hybridized carbons (Fsp3) is 0.444. The molecule has 0 aliphatic carbocycles. The third kappa shape index (κ3) is 6.18. The van der Waals surface area contributed by atoms with Gasteiger partial charge < -0.3 is 10.5 Å². The summed E-state index contributed by atoms with van der Waals surface area (Å²) < 4.78 is 5.04. The molecule has 2 aromatic carbocycles. The van der Waals surface area contributed by atoms with Crippen molar-refractivity contribution < 1.29 is 6.16 Å². The smallest absolute Gasteiger partial charge is 0.0616 e. The SMILES string of the molecule is CC.CC.COC[C@@H](N)Cc1ccc2ccccc2c1.[HH]. The molecule has 0 heterocycles. The number of fused-ring (bicyclic) bond motifs is 1. The standard InChI is InChI=1S/C14H17NO.2C2H6.H2/c1-16-10-14(15)9-11-6-7-12-4-2-3-5-13(12)8-11;2*1-2;/h2-8,14H,9-10,15H2,1H3;2*1-2H3;1H/t14-;;;/m0.../s1. The van der Waals surface area contributed by atoms with E-state index in [1.165, 1.54) is 16.3 Å². The molecule has 0 aromatic heterocycles. The average Bonchev–Trinajstić information content (AvgIpc) is 2.51. The van der Waals surface area contributed by atoms with Gasteiger partial charge in [-0.1, -0.05) is 70.2 Å². The van der Waals surface area contributed by atoms with Crippen molar-refractivity contribution in [3.63, 3.8) is 0 Å². The van der Waals surface area contributed by atoms with Crippen molar-refractivity contribution in [1.82, 2.24) is 0 Å². The second kappa shape index (κ2) is 11.4. The summed E-state index contributed by atoms with van der Waals surface area (Å²) in [6.07, 6.45) is 0.860. The molecule has 0 saturated heterocycles. The number of hydrogen-bond acceptors (Lipinski definition) is 2. The van der Waals surface area contributed by atoms with Crippen molar-refractivity contribution >= 4 is 10.8 Å². The maximum atomic E-state index is 5.94. The highest BCUT2D eigenvalue weighted by molar-refractivity contribution is 5.82. The Bertz CT molecular complexity index is 473. The van der Waals surface area contributed by atoms with Crippen LogP contribution in [0.3, 0.4) is 0 Å². The molecule has 0 aliphatic heterocycles. The van der Waals surface area contributed by atoms with E-state index in [0.717, 1.165) is 6.42 Å². The number of ether oxygens (including phenoxy) is 1. The van der Waals surface area contributed by atoms with Gasteiger partial charge in [0, 0.05) is 14.6 Å². The van der Waals surface area contributed by atoms with Crippen molar-refractivity contribution in [3.8, 4) is 0 Å². The molecule has 2 nitrogen and oxygen atoms in total. The second-order valence-electron chi connectivity index (χ2n) is 4.10. The maximum Gasteiger partial charge on any atom is 0.0616 e. The average molecular weight is 277 g/mol. The first-order valence-electron chi connectivity index (χ1n) is 7.52. The zero-order valence-electron chi connectivity index (χ0n) is 13.5. The summed E-state index contributed by atoms with van der Waals surface area (Å²) in [5.41, 5.74) is 7.20. The summed E-state index contributed by atoms with van der Waals surface area (Å²) in [5, 5.41) is 2.54. The lowest BCUT2D eigenvalue weighted by Crippen LogP contribution is -2.27. The summed E-state index contributed by atoms with van der Waals surface area (Å²) in [5.74, 6) is 0. The van der Waals surface area contributed by atoms with Crippen molar-refractivity contribution in [2.24, 2.45) is 5.73 Å². The minimum Gasteiger partial charge on any atom is -0.383 e. The fourth-order valence-corrected chi connectivity index (χ4v) is 1.94. The maximum absolute atomic E-state index is 5.94. The van der Waals surface area contributed by atoms with Gasteiger partial charge in [0.2, 0.25) is 0 Å². The number of nitrogens with two attached hydrogens (primary N) is 1. The van der Waals surface area contributed by atoms with Crippen molar-refractivity contribution in [2.75, 3.05) is 13.7 Å². The van der Waals surface area contributed by atoms with Gasteiger partial charge in [0.1, 0.15) is 0 Å². The minimum atomic E-state index is 0. The lowest BCUT2D eigenvalue weighted by molar-refractivity contribution is 0.180. The topological polar surface area (TPSA) is 35.2 Å². The Kier molecular flexibility index (Phi) is 10.7. The summed E-state index contributed by atoms with van der Waals surface area (Å²) >= 11 is 0. The van der Waals surface area contributed by atoms with Crippen LogP contribution in [0.2, 0.25) is 0 Å². The van der Waals surface area contributed by atoms with Crippen LogP contribution in [0.1, 0.15) is 34.7 Å². The van der Waals surface area contributed by atoms with E-state index in [9.17, 15) is 0 Å². The van der Waals surface area contributed by atoms with Crippen LogP contribution in [-0.4, -0.2) is 19.8 Å². The summed E-state index contributed by atoms with van der Waals surface area (Å²) in [7, 11) is 1.68. The van der Waals surface area contributed by atoms with Crippen LogP contribution in [0.4, 0.5) is 0 Å². The van der Waals surface area contributed by atoms with Crippen LogP contribution < -0.4 is 5.73 Å². The van der Waals surface area contributed by atoms with Crippen LogP contribution in [0.25, 0.3) is 10.8 Å². The van der Waals surface area contributed by atoms with E-state index < -0.39 is 0 Å². The van der Waals surface area contributed by atoms with Gasteiger partial charge in [-0.15, -0.1) is 0 Å². The number of benzene rings is 2. The van der Waals surface area contributed by atoms with E-state index >= 15 is 0 Å². The highest BCUT2D eigenvalue weighted by Gasteiger charge is 2.03. The summed E-state index contributed by atoms with van der Waals surface area (Å²) in [6, 6.07) is 14.9. The van der Waals surface area contributed by atoms with E-state index in [2.05, 4.69) is 42.5 Å². The molecule has 114 valence electrons. The van der Waals surface area contributed by atoms with Gasteiger partial charge in [-0.05, 0) is 22.8 Å². The number of methoxy groups -OCH3 is 1. The lowest BCUT2D eigenvalue weighted by atomic mass is 10.0. The number of rotatable bonds is 4. The highest BCUT2D eigenvalue weighted by atomic mass is 16.5. The van der Waals surface area contributed by atoms with Gasteiger partial charge in [0.05, 0.1) is 6.61 Å². The predicted molar refractivity (Wildman–Crippen MR) is 92.3 cm³/mol. The Hall–Kier alpha value is -1.38. The van der Waals surface area contributed by atoms with Crippen molar-refractivity contribution in [2.45, 2.75) is 40.2 Å². The van der Waals surface area contributed by atoms with Crippen LogP contribution in [-0.2, 0) is 11.2 Å². The Morgan fingerprint density at radius 2 is 1.60 bits per heavy atom. The molecule has 0 amide bonds. The largest absolute Gasteiger partial charge is 0.383 e. The van der Waals surface area contributed by atoms with Crippen molar-refractivity contribution in [1.29, 1.82) is 0 Å². The Balaban J connectivity index is 0. The van der Waals surface area contributed by atoms with Crippen LogP contribution >= 0.6 is 0 Å². The molecule has 0 saturated carbocycles. The van der Waals surface area contributed by atoms with E-state index in [4.69, 9.17) is 10.5 Å². The third-order valence-corrected chi connectivity index (χ3v) is 2.69. The van der Waals surface area contributed by atoms with E-state index in [1.54, 1.807) is 7.11 Å². The van der Waals surface area contributed by atoms with Gasteiger partial charge in [0.15, 0.2) is 0 Å². The predicted octanol–water partition coefficient (Wildman–Crippen LogP) is 4.65. The van der Waals surface area contributed by atoms with Crippen LogP contribution in [0, 0.1) is 0 Å². The Morgan fingerprint density at radius 3 is 2.20 bits per heavy atom. The summed E-state index contributed by atoms with van der Waals surface area (Å²) in [6.45, 7) is 8.60. The minimum absolute atomic E-state index is 0. The summed E-state index contributed by atoms with van der Waals surface area (Å²) in [4.78, 5) is 0. The van der Waals surface area contributed by atoms with E-state index in [0.29, 0.717) is 6.61 Å². The molecular formula is C18H31NO. The first kappa shape index (κ1) is 18.6. The van der Waals surface area contributed by atoms with Gasteiger partial charge in [-0.25, -0.2) is 0 Å². The normalized spacial score (nSPS) is 10.9. The van der Waals surface area contributed by atoms with Gasteiger partial charge in [0.25, 0.3) is 0 Å². The van der Waals surface area contributed by atoms with Crippen LogP contribution in [0.15, 0.2) is 42.5 Å². The molecule has 0 spiro atoms. The molecule has 1 atom stereocenters. The van der Waals surface area contributed by atoms with E-state index in [-0.39, 0.29) is 7.47 Å². The van der Waals surface area contributed by atoms with E-state index in [1.807, 2.05) is 27.7 Å². The zero-order valence-corrected chi connectivity index (χ0v) is 13.5. The molecule has 0 radical (unpaired) electrons. The third-order valence-electron chi connectivity index (χ3n) is 2.69. The monoisotopic (exact) mass is 277 g/mol.